The average Bonchev–Trinajstić information content (AvgIpc) is 2.46. The van der Waals surface area contributed by atoms with E-state index in [-0.39, 0.29) is 18.5 Å². The monoisotopic (exact) mass is 249 g/mol. The molecule has 2 rings (SSSR count). The third-order valence-corrected chi connectivity index (χ3v) is 3.29. The number of aromatic nitrogens is 1. The summed E-state index contributed by atoms with van der Waals surface area (Å²) in [4.78, 5) is 16.1. The fraction of sp³-hybridized carbons (Fsp3) is 0.571. The topological polar surface area (TPSA) is 48.4 Å². The quantitative estimate of drug-likeness (QED) is 0.770. The van der Waals surface area contributed by atoms with Crippen molar-refractivity contribution < 1.29 is 14.3 Å². The zero-order valence-electron chi connectivity index (χ0n) is 10.7. The zero-order valence-corrected chi connectivity index (χ0v) is 10.7. The Hall–Kier alpha value is -1.58. The van der Waals surface area contributed by atoms with Crippen molar-refractivity contribution in [3.63, 3.8) is 0 Å². The fourth-order valence-corrected chi connectivity index (χ4v) is 2.25. The molecule has 0 aromatic carbocycles. The van der Waals surface area contributed by atoms with Gasteiger partial charge < -0.3 is 9.47 Å². The summed E-state index contributed by atoms with van der Waals surface area (Å²) in [6.07, 6.45) is 5.43. The Labute approximate surface area is 107 Å². The largest absolute Gasteiger partial charge is 0.481 e. The Balaban J connectivity index is 1.84. The molecule has 1 aliphatic carbocycles. The molecule has 0 N–H and O–H groups in total. The number of hydrogen-bond acceptors (Lipinski definition) is 4. The van der Waals surface area contributed by atoms with E-state index in [2.05, 4.69) is 4.98 Å². The van der Waals surface area contributed by atoms with Crippen molar-refractivity contribution in [1.29, 1.82) is 0 Å². The number of nitrogens with zero attached hydrogens (tertiary/aromatic N) is 1. The number of ether oxygens (including phenoxy) is 2. The average molecular weight is 249 g/mol. The van der Waals surface area contributed by atoms with Crippen LogP contribution in [0.4, 0.5) is 0 Å². The van der Waals surface area contributed by atoms with Crippen LogP contribution in [0.3, 0.4) is 0 Å². The maximum atomic E-state index is 11.8. The van der Waals surface area contributed by atoms with Gasteiger partial charge in [-0.2, -0.15) is 0 Å². The van der Waals surface area contributed by atoms with Gasteiger partial charge in [0.05, 0.1) is 18.7 Å². The van der Waals surface area contributed by atoms with Gasteiger partial charge in [0.2, 0.25) is 5.88 Å². The Morgan fingerprint density at radius 3 is 2.83 bits per heavy atom. The predicted molar refractivity (Wildman–Crippen MR) is 67.2 cm³/mol. The smallest absolute Gasteiger partial charge is 0.309 e. The second kappa shape index (κ2) is 6.38. The number of esters is 1. The normalized spacial score (nSPS) is 16.3. The van der Waals surface area contributed by atoms with Crippen molar-refractivity contribution in [1.82, 2.24) is 4.98 Å². The van der Waals surface area contributed by atoms with E-state index in [9.17, 15) is 4.79 Å². The van der Waals surface area contributed by atoms with E-state index >= 15 is 0 Å². The molecule has 1 aromatic heterocycles. The Morgan fingerprint density at radius 1 is 1.33 bits per heavy atom. The first-order valence-corrected chi connectivity index (χ1v) is 6.46. The molecule has 1 fully saturated rings. The number of hydrogen-bond donors (Lipinski definition) is 0. The summed E-state index contributed by atoms with van der Waals surface area (Å²) < 4.78 is 10.3. The first-order chi connectivity index (χ1) is 8.79. The van der Waals surface area contributed by atoms with Crippen LogP contribution < -0.4 is 4.74 Å². The lowest BCUT2D eigenvalue weighted by Crippen LogP contribution is -2.20. The van der Waals surface area contributed by atoms with Gasteiger partial charge in [0.15, 0.2) is 0 Å². The summed E-state index contributed by atoms with van der Waals surface area (Å²) in [7, 11) is 1.57. The second-order valence-electron chi connectivity index (χ2n) is 4.61. The van der Waals surface area contributed by atoms with Crippen LogP contribution in [-0.4, -0.2) is 18.1 Å². The van der Waals surface area contributed by atoms with Crippen molar-refractivity contribution in [2.24, 2.45) is 5.92 Å². The molecule has 0 unspecified atom stereocenters. The maximum Gasteiger partial charge on any atom is 0.309 e. The third-order valence-electron chi connectivity index (χ3n) is 3.29. The number of carbonyl (C=O) groups is 1. The molecule has 0 atom stereocenters. The van der Waals surface area contributed by atoms with Gasteiger partial charge in [0, 0.05) is 6.07 Å². The van der Waals surface area contributed by atoms with Crippen LogP contribution in [0.15, 0.2) is 18.2 Å². The molecular formula is C14H19NO3. The van der Waals surface area contributed by atoms with Crippen LogP contribution in [0, 0.1) is 5.92 Å². The summed E-state index contributed by atoms with van der Waals surface area (Å²) in [5.74, 6) is 0.546. The highest BCUT2D eigenvalue weighted by atomic mass is 16.5. The number of carbonyl (C=O) groups excluding carboxylic acids is 1. The van der Waals surface area contributed by atoms with E-state index in [0.717, 1.165) is 31.4 Å². The van der Waals surface area contributed by atoms with Gasteiger partial charge in [-0.05, 0) is 18.9 Å². The highest BCUT2D eigenvalue weighted by Gasteiger charge is 2.22. The van der Waals surface area contributed by atoms with Crippen LogP contribution in [0.25, 0.3) is 0 Å². The zero-order chi connectivity index (χ0) is 12.8. The minimum Gasteiger partial charge on any atom is -0.481 e. The maximum absolute atomic E-state index is 11.8. The highest BCUT2D eigenvalue weighted by molar-refractivity contribution is 5.72. The van der Waals surface area contributed by atoms with E-state index in [1.807, 2.05) is 12.1 Å². The van der Waals surface area contributed by atoms with Gasteiger partial charge in [0.25, 0.3) is 0 Å². The summed E-state index contributed by atoms with van der Waals surface area (Å²) in [6.45, 7) is 0.229. The van der Waals surface area contributed by atoms with Gasteiger partial charge in [-0.3, -0.25) is 4.79 Å². The van der Waals surface area contributed by atoms with Crippen LogP contribution in [-0.2, 0) is 16.1 Å². The van der Waals surface area contributed by atoms with Crippen molar-refractivity contribution in [3.05, 3.63) is 23.9 Å². The fourth-order valence-electron chi connectivity index (χ4n) is 2.25. The Bertz CT molecular complexity index is 400. The minimum absolute atomic E-state index is 0.0840. The summed E-state index contributed by atoms with van der Waals surface area (Å²) >= 11 is 0. The number of rotatable bonds is 4. The molecule has 4 nitrogen and oxygen atoms in total. The van der Waals surface area contributed by atoms with Gasteiger partial charge in [-0.25, -0.2) is 4.98 Å². The van der Waals surface area contributed by atoms with Gasteiger partial charge >= 0.3 is 5.97 Å². The number of pyridine rings is 1. The SMILES string of the molecule is COc1cccc(COC(=O)C2CCCCC2)n1. The van der Waals surface area contributed by atoms with Crippen LogP contribution >= 0.6 is 0 Å². The van der Waals surface area contributed by atoms with Gasteiger partial charge in [0.1, 0.15) is 6.61 Å². The lowest BCUT2D eigenvalue weighted by molar-refractivity contribution is -0.151. The molecule has 1 aliphatic rings. The first-order valence-electron chi connectivity index (χ1n) is 6.46. The van der Waals surface area contributed by atoms with E-state index in [0.29, 0.717) is 5.88 Å². The van der Waals surface area contributed by atoms with Crippen molar-refractivity contribution in [3.8, 4) is 5.88 Å². The summed E-state index contributed by atoms with van der Waals surface area (Å²) in [6, 6.07) is 5.44. The predicted octanol–water partition coefficient (Wildman–Crippen LogP) is 2.71. The lowest BCUT2D eigenvalue weighted by Gasteiger charge is -2.19. The molecule has 1 heterocycles. The van der Waals surface area contributed by atoms with Crippen molar-refractivity contribution in [2.75, 3.05) is 7.11 Å². The van der Waals surface area contributed by atoms with Crippen LogP contribution in [0.1, 0.15) is 37.8 Å². The first kappa shape index (κ1) is 12.9. The Morgan fingerprint density at radius 2 is 2.11 bits per heavy atom. The molecule has 1 saturated carbocycles. The molecule has 0 aliphatic heterocycles. The summed E-state index contributed by atoms with van der Waals surface area (Å²) in [5.41, 5.74) is 0.721. The second-order valence-corrected chi connectivity index (χ2v) is 4.61. The summed E-state index contributed by atoms with van der Waals surface area (Å²) in [5, 5.41) is 0. The van der Waals surface area contributed by atoms with E-state index in [1.54, 1.807) is 13.2 Å². The molecule has 0 amide bonds. The highest BCUT2D eigenvalue weighted by Crippen LogP contribution is 2.24. The van der Waals surface area contributed by atoms with Gasteiger partial charge in [-0.1, -0.05) is 25.3 Å². The van der Waals surface area contributed by atoms with Crippen molar-refractivity contribution >= 4 is 5.97 Å². The molecule has 1 aromatic rings. The number of methoxy groups -OCH3 is 1. The molecule has 98 valence electrons. The standard InChI is InChI=1S/C14H19NO3/c1-17-13-9-5-8-12(15-13)10-18-14(16)11-6-3-2-4-7-11/h5,8-9,11H,2-4,6-7,10H2,1H3. The lowest BCUT2D eigenvalue weighted by atomic mass is 9.89. The van der Waals surface area contributed by atoms with E-state index < -0.39 is 0 Å². The molecular weight excluding hydrogens is 230 g/mol. The molecule has 0 saturated heterocycles. The van der Waals surface area contributed by atoms with Crippen LogP contribution in [0.5, 0.6) is 5.88 Å². The van der Waals surface area contributed by atoms with Gasteiger partial charge in [-0.15, -0.1) is 0 Å². The van der Waals surface area contributed by atoms with Crippen molar-refractivity contribution in [2.45, 2.75) is 38.7 Å². The molecule has 0 bridgehead atoms. The Kier molecular flexibility index (Phi) is 4.56. The van der Waals surface area contributed by atoms with E-state index in [4.69, 9.17) is 9.47 Å². The van der Waals surface area contributed by atoms with Crippen LogP contribution in [0.2, 0.25) is 0 Å². The third kappa shape index (κ3) is 3.45. The molecule has 0 radical (unpaired) electrons. The minimum atomic E-state index is -0.0840. The molecule has 4 heteroatoms. The molecule has 18 heavy (non-hydrogen) atoms. The molecule has 0 spiro atoms. The van der Waals surface area contributed by atoms with E-state index in [1.165, 1.54) is 6.42 Å².